The molecule has 2 rings (SSSR count). The molecule has 1 aliphatic rings. The van der Waals surface area contributed by atoms with Gasteiger partial charge in [0, 0.05) is 23.4 Å². The van der Waals surface area contributed by atoms with Gasteiger partial charge in [0.1, 0.15) is 5.75 Å². The van der Waals surface area contributed by atoms with Crippen LogP contribution < -0.4 is 10.1 Å². The second-order valence-corrected chi connectivity index (χ2v) is 7.41. The van der Waals surface area contributed by atoms with E-state index >= 15 is 0 Å². The molecule has 1 fully saturated rings. The summed E-state index contributed by atoms with van der Waals surface area (Å²) in [5.41, 5.74) is 4.03. The fraction of sp³-hybridized carbons (Fsp3) is 0.632. The summed E-state index contributed by atoms with van der Waals surface area (Å²) in [5.74, 6) is 0.941. The van der Waals surface area contributed by atoms with E-state index in [1.807, 2.05) is 12.1 Å². The summed E-state index contributed by atoms with van der Waals surface area (Å²) in [6.07, 6.45) is 2.31. The Hall–Kier alpha value is -1.35. The normalized spacial score (nSPS) is 21.5. The SMILES string of the molecule is COc1cccc(C)c1CN=C1CCC1NC(C)C(C)(C)C. The molecule has 1 aromatic carbocycles. The van der Waals surface area contributed by atoms with Gasteiger partial charge in [-0.1, -0.05) is 32.9 Å². The Labute approximate surface area is 135 Å². The highest BCUT2D eigenvalue weighted by Gasteiger charge is 2.30. The number of hydrogen-bond donors (Lipinski definition) is 1. The second kappa shape index (κ2) is 6.82. The summed E-state index contributed by atoms with van der Waals surface area (Å²) >= 11 is 0. The first-order valence-electron chi connectivity index (χ1n) is 8.24. The van der Waals surface area contributed by atoms with E-state index in [0.717, 1.165) is 12.2 Å². The summed E-state index contributed by atoms with van der Waals surface area (Å²) in [7, 11) is 1.73. The maximum Gasteiger partial charge on any atom is 0.124 e. The van der Waals surface area contributed by atoms with Gasteiger partial charge in [-0.25, -0.2) is 0 Å². The fourth-order valence-corrected chi connectivity index (χ4v) is 2.59. The molecule has 0 bridgehead atoms. The van der Waals surface area contributed by atoms with Crippen molar-refractivity contribution in [3.8, 4) is 5.75 Å². The number of nitrogens with zero attached hydrogens (tertiary/aromatic N) is 1. The molecule has 1 N–H and O–H groups in total. The molecule has 122 valence electrons. The summed E-state index contributed by atoms with van der Waals surface area (Å²) in [5, 5.41) is 3.72. The highest BCUT2D eigenvalue weighted by molar-refractivity contribution is 5.94. The quantitative estimate of drug-likeness (QED) is 0.887. The van der Waals surface area contributed by atoms with E-state index in [1.165, 1.54) is 23.3 Å². The van der Waals surface area contributed by atoms with E-state index in [0.29, 0.717) is 18.6 Å². The minimum Gasteiger partial charge on any atom is -0.496 e. The van der Waals surface area contributed by atoms with Crippen LogP contribution in [0.15, 0.2) is 23.2 Å². The first-order valence-corrected chi connectivity index (χ1v) is 8.24. The van der Waals surface area contributed by atoms with Crippen LogP contribution in [0.1, 0.15) is 51.7 Å². The molecule has 0 radical (unpaired) electrons. The van der Waals surface area contributed by atoms with Gasteiger partial charge in [0.05, 0.1) is 13.7 Å². The molecule has 3 nitrogen and oxygen atoms in total. The van der Waals surface area contributed by atoms with Crippen LogP contribution in [-0.4, -0.2) is 24.9 Å². The van der Waals surface area contributed by atoms with E-state index in [9.17, 15) is 0 Å². The molecule has 22 heavy (non-hydrogen) atoms. The summed E-state index contributed by atoms with van der Waals surface area (Å²) in [4.78, 5) is 4.86. The zero-order chi connectivity index (χ0) is 16.3. The Kier molecular flexibility index (Phi) is 5.28. The van der Waals surface area contributed by atoms with Crippen LogP contribution in [0.3, 0.4) is 0 Å². The Bertz CT molecular complexity index is 543. The number of benzene rings is 1. The van der Waals surface area contributed by atoms with E-state index < -0.39 is 0 Å². The first kappa shape index (κ1) is 17.0. The summed E-state index contributed by atoms with van der Waals surface area (Å²) in [6, 6.07) is 7.10. The van der Waals surface area contributed by atoms with Gasteiger partial charge in [0.25, 0.3) is 0 Å². The van der Waals surface area contributed by atoms with Crippen LogP contribution >= 0.6 is 0 Å². The van der Waals surface area contributed by atoms with Crippen molar-refractivity contribution in [2.24, 2.45) is 10.4 Å². The number of nitrogens with one attached hydrogen (secondary N) is 1. The molecule has 1 aromatic rings. The van der Waals surface area contributed by atoms with Gasteiger partial charge >= 0.3 is 0 Å². The zero-order valence-electron chi connectivity index (χ0n) is 14.9. The molecule has 2 atom stereocenters. The molecule has 0 aliphatic heterocycles. The van der Waals surface area contributed by atoms with Crippen molar-refractivity contribution in [2.45, 2.75) is 66.1 Å². The average Bonchev–Trinajstić information content (AvgIpc) is 2.43. The molecule has 0 heterocycles. The Morgan fingerprint density at radius 1 is 1.36 bits per heavy atom. The van der Waals surface area contributed by atoms with Crippen molar-refractivity contribution in [2.75, 3.05) is 7.11 Å². The lowest BCUT2D eigenvalue weighted by molar-refractivity contribution is 0.268. The second-order valence-electron chi connectivity index (χ2n) is 7.41. The molecule has 2 unspecified atom stereocenters. The van der Waals surface area contributed by atoms with Gasteiger partial charge in [0.15, 0.2) is 0 Å². The van der Waals surface area contributed by atoms with Crippen LogP contribution in [-0.2, 0) is 6.54 Å². The zero-order valence-corrected chi connectivity index (χ0v) is 14.9. The number of aliphatic imine (C=N–C) groups is 1. The van der Waals surface area contributed by atoms with Crippen LogP contribution in [0.25, 0.3) is 0 Å². The highest BCUT2D eigenvalue weighted by Crippen LogP contribution is 2.26. The predicted molar refractivity (Wildman–Crippen MR) is 93.9 cm³/mol. The molecule has 0 spiro atoms. The number of rotatable bonds is 5. The van der Waals surface area contributed by atoms with Gasteiger partial charge in [0.2, 0.25) is 0 Å². The number of methoxy groups -OCH3 is 1. The van der Waals surface area contributed by atoms with E-state index in [1.54, 1.807) is 7.11 Å². The minimum atomic E-state index is 0.278. The average molecular weight is 302 g/mol. The molecule has 0 amide bonds. The molecule has 1 saturated carbocycles. The van der Waals surface area contributed by atoms with Crippen molar-refractivity contribution < 1.29 is 4.74 Å². The molecule has 1 aliphatic carbocycles. The minimum absolute atomic E-state index is 0.278. The van der Waals surface area contributed by atoms with Gasteiger partial charge in [-0.2, -0.15) is 0 Å². The van der Waals surface area contributed by atoms with Crippen molar-refractivity contribution in [1.29, 1.82) is 0 Å². The third-order valence-corrected chi connectivity index (χ3v) is 4.87. The molecular formula is C19H30N2O. The lowest BCUT2D eigenvalue weighted by Crippen LogP contribution is -2.52. The van der Waals surface area contributed by atoms with Crippen molar-refractivity contribution in [3.05, 3.63) is 29.3 Å². The first-order chi connectivity index (χ1) is 10.3. The summed E-state index contributed by atoms with van der Waals surface area (Å²) < 4.78 is 5.46. The topological polar surface area (TPSA) is 33.6 Å². The van der Waals surface area contributed by atoms with Gasteiger partial charge in [-0.15, -0.1) is 0 Å². The molecule has 3 heteroatoms. The maximum absolute atomic E-state index is 5.46. The number of ether oxygens (including phenoxy) is 1. The fourth-order valence-electron chi connectivity index (χ4n) is 2.59. The predicted octanol–water partition coefficient (Wildman–Crippen LogP) is 4.13. The largest absolute Gasteiger partial charge is 0.496 e. The Balaban J connectivity index is 2.03. The third kappa shape index (κ3) is 3.89. The Morgan fingerprint density at radius 2 is 2.09 bits per heavy atom. The van der Waals surface area contributed by atoms with Gasteiger partial charge < -0.3 is 10.1 Å². The van der Waals surface area contributed by atoms with Crippen molar-refractivity contribution >= 4 is 5.71 Å². The summed E-state index contributed by atoms with van der Waals surface area (Å²) in [6.45, 7) is 11.9. The maximum atomic E-state index is 5.46. The van der Waals surface area contributed by atoms with Gasteiger partial charge in [-0.05, 0) is 43.7 Å². The van der Waals surface area contributed by atoms with E-state index in [2.05, 4.69) is 46.0 Å². The van der Waals surface area contributed by atoms with Crippen LogP contribution in [0.5, 0.6) is 5.75 Å². The van der Waals surface area contributed by atoms with Crippen molar-refractivity contribution in [3.63, 3.8) is 0 Å². The van der Waals surface area contributed by atoms with E-state index in [4.69, 9.17) is 9.73 Å². The number of hydrogen-bond acceptors (Lipinski definition) is 3. The van der Waals surface area contributed by atoms with Crippen molar-refractivity contribution in [1.82, 2.24) is 5.32 Å². The monoisotopic (exact) mass is 302 g/mol. The van der Waals surface area contributed by atoms with Crippen LogP contribution in [0.4, 0.5) is 0 Å². The van der Waals surface area contributed by atoms with Crippen LogP contribution in [0, 0.1) is 12.3 Å². The molecular weight excluding hydrogens is 272 g/mol. The highest BCUT2D eigenvalue weighted by atomic mass is 16.5. The van der Waals surface area contributed by atoms with Crippen LogP contribution in [0.2, 0.25) is 0 Å². The van der Waals surface area contributed by atoms with Gasteiger partial charge in [-0.3, -0.25) is 4.99 Å². The smallest absolute Gasteiger partial charge is 0.124 e. The lowest BCUT2D eigenvalue weighted by atomic mass is 9.83. The standard InChI is InChI=1S/C19H30N2O/c1-13-8-7-9-18(22-6)15(13)12-20-16-10-11-17(16)21-14(2)19(3,4)5/h7-9,14,17,21H,10-12H2,1-6H3. The third-order valence-electron chi connectivity index (χ3n) is 4.87. The molecule has 0 saturated heterocycles. The number of aryl methyl sites for hydroxylation is 1. The van der Waals surface area contributed by atoms with E-state index in [-0.39, 0.29) is 5.41 Å². The lowest BCUT2D eigenvalue weighted by Gasteiger charge is -2.37. The molecule has 0 aromatic heterocycles. The Morgan fingerprint density at radius 3 is 2.64 bits per heavy atom.